The lowest BCUT2D eigenvalue weighted by molar-refractivity contribution is -0.147. The largest absolute Gasteiger partial charge is 0.464 e. The molecule has 1 heterocycles. The van der Waals surface area contributed by atoms with Gasteiger partial charge in [0.05, 0.1) is 13.2 Å². The first-order valence-electron chi connectivity index (χ1n) is 7.51. The zero-order valence-electron chi connectivity index (χ0n) is 13.0. The third-order valence-corrected chi connectivity index (χ3v) is 3.22. The number of hydrogen-bond donors (Lipinski definition) is 1. The summed E-state index contributed by atoms with van der Waals surface area (Å²) in [6.07, 6.45) is 3.57. The zero-order valence-corrected chi connectivity index (χ0v) is 13.0. The van der Waals surface area contributed by atoms with Crippen molar-refractivity contribution in [3.8, 4) is 0 Å². The van der Waals surface area contributed by atoms with Crippen LogP contribution >= 0.6 is 0 Å². The monoisotopic (exact) mass is 316 g/mol. The molecule has 0 radical (unpaired) electrons. The molecule has 0 aliphatic rings. The molecular weight excluding hydrogens is 296 g/mol. The molecule has 23 heavy (non-hydrogen) atoms. The van der Waals surface area contributed by atoms with Crippen LogP contribution in [0.2, 0.25) is 0 Å². The lowest BCUT2D eigenvalue weighted by atomic mass is 10.1. The normalized spacial score (nSPS) is 11.7. The number of aryl methyl sites for hydroxylation is 1. The van der Waals surface area contributed by atoms with Crippen molar-refractivity contribution in [1.29, 1.82) is 0 Å². The summed E-state index contributed by atoms with van der Waals surface area (Å²) in [4.78, 5) is 27.9. The third kappa shape index (κ3) is 5.54. The molecule has 0 bridgehead atoms. The molecule has 0 saturated carbocycles. The van der Waals surface area contributed by atoms with E-state index < -0.39 is 12.0 Å². The van der Waals surface area contributed by atoms with Crippen molar-refractivity contribution in [1.82, 2.24) is 20.1 Å². The maximum Gasteiger partial charge on any atom is 0.328 e. The van der Waals surface area contributed by atoms with E-state index in [0.717, 1.165) is 5.56 Å². The number of rotatable bonds is 8. The highest BCUT2D eigenvalue weighted by molar-refractivity contribution is 5.84. The van der Waals surface area contributed by atoms with E-state index in [9.17, 15) is 9.59 Å². The van der Waals surface area contributed by atoms with Crippen molar-refractivity contribution < 1.29 is 14.3 Å². The standard InChI is InChI=1S/C16H20N4O3/c1-2-23-16(22)14(10-13-6-4-3-5-7-13)19-15(21)8-9-20-12-17-11-18-20/h3-7,11-12,14H,2,8-10H2,1H3,(H,19,21)/t14-/m0/s1. The van der Waals surface area contributed by atoms with E-state index in [0.29, 0.717) is 13.0 Å². The van der Waals surface area contributed by atoms with Gasteiger partial charge in [0.1, 0.15) is 18.7 Å². The molecule has 2 aromatic rings. The second-order valence-corrected chi connectivity index (χ2v) is 4.97. The molecule has 0 aliphatic heterocycles. The number of esters is 1. The van der Waals surface area contributed by atoms with Crippen LogP contribution in [-0.2, 0) is 27.3 Å². The van der Waals surface area contributed by atoms with Crippen molar-refractivity contribution in [3.63, 3.8) is 0 Å². The van der Waals surface area contributed by atoms with Crippen molar-refractivity contribution in [2.75, 3.05) is 6.61 Å². The molecule has 0 fully saturated rings. The summed E-state index contributed by atoms with van der Waals surface area (Å²) < 4.78 is 6.61. The minimum absolute atomic E-state index is 0.216. The highest BCUT2D eigenvalue weighted by Gasteiger charge is 2.22. The molecule has 7 nitrogen and oxygen atoms in total. The molecule has 2 rings (SSSR count). The van der Waals surface area contributed by atoms with Crippen molar-refractivity contribution in [2.45, 2.75) is 32.4 Å². The van der Waals surface area contributed by atoms with Gasteiger partial charge in [-0.25, -0.2) is 9.78 Å². The lowest BCUT2D eigenvalue weighted by Crippen LogP contribution is -2.43. The highest BCUT2D eigenvalue weighted by Crippen LogP contribution is 2.05. The summed E-state index contributed by atoms with van der Waals surface area (Å²) in [6.45, 7) is 2.43. The average molecular weight is 316 g/mol. The smallest absolute Gasteiger partial charge is 0.328 e. The SMILES string of the molecule is CCOC(=O)[C@H](Cc1ccccc1)NC(=O)CCn1cncn1. The van der Waals surface area contributed by atoms with Crippen LogP contribution in [0.25, 0.3) is 0 Å². The number of carbonyl (C=O) groups excluding carboxylic acids is 2. The fourth-order valence-electron chi connectivity index (χ4n) is 2.12. The molecule has 1 amide bonds. The topological polar surface area (TPSA) is 86.1 Å². The Hall–Kier alpha value is -2.70. The van der Waals surface area contributed by atoms with Crippen LogP contribution < -0.4 is 5.32 Å². The minimum atomic E-state index is -0.694. The molecule has 0 spiro atoms. The summed E-state index contributed by atoms with van der Waals surface area (Å²) in [5.74, 6) is -0.653. The Kier molecular flexibility index (Phi) is 6.28. The van der Waals surface area contributed by atoms with Gasteiger partial charge in [0.2, 0.25) is 5.91 Å². The Labute approximate surface area is 134 Å². The van der Waals surface area contributed by atoms with Gasteiger partial charge in [0, 0.05) is 12.8 Å². The molecule has 1 aromatic carbocycles. The summed E-state index contributed by atoms with van der Waals surface area (Å²) in [7, 11) is 0. The predicted octanol–water partition coefficient (Wildman–Crippen LogP) is 0.959. The number of carbonyl (C=O) groups is 2. The van der Waals surface area contributed by atoms with Gasteiger partial charge in [-0.2, -0.15) is 5.10 Å². The molecule has 0 unspecified atom stereocenters. The maximum absolute atomic E-state index is 12.1. The Morgan fingerprint density at radius 1 is 1.30 bits per heavy atom. The van der Waals surface area contributed by atoms with Crippen LogP contribution in [0, 0.1) is 0 Å². The molecule has 1 N–H and O–H groups in total. The molecule has 0 saturated heterocycles. The summed E-state index contributed by atoms with van der Waals surface area (Å²) in [5, 5.41) is 6.67. The fourth-order valence-corrected chi connectivity index (χ4v) is 2.12. The van der Waals surface area contributed by atoms with Crippen LogP contribution in [0.3, 0.4) is 0 Å². The number of nitrogens with zero attached hydrogens (tertiary/aromatic N) is 3. The van der Waals surface area contributed by atoms with E-state index in [1.807, 2.05) is 30.3 Å². The van der Waals surface area contributed by atoms with Gasteiger partial charge in [0.25, 0.3) is 0 Å². The fraction of sp³-hybridized carbons (Fsp3) is 0.375. The van der Waals surface area contributed by atoms with Gasteiger partial charge in [-0.05, 0) is 12.5 Å². The van der Waals surface area contributed by atoms with Gasteiger partial charge >= 0.3 is 5.97 Å². The zero-order chi connectivity index (χ0) is 16.5. The molecule has 0 aliphatic carbocycles. The van der Waals surface area contributed by atoms with E-state index in [2.05, 4.69) is 15.4 Å². The highest BCUT2D eigenvalue weighted by atomic mass is 16.5. The second kappa shape index (κ2) is 8.67. The first-order valence-corrected chi connectivity index (χ1v) is 7.51. The Balaban J connectivity index is 1.93. The van der Waals surface area contributed by atoms with Crippen molar-refractivity contribution in [3.05, 3.63) is 48.5 Å². The number of aromatic nitrogens is 3. The van der Waals surface area contributed by atoms with E-state index in [1.165, 1.54) is 6.33 Å². The van der Waals surface area contributed by atoms with Crippen molar-refractivity contribution >= 4 is 11.9 Å². The van der Waals surface area contributed by atoms with E-state index in [4.69, 9.17) is 4.74 Å². The Bertz CT molecular complexity index is 614. The van der Waals surface area contributed by atoms with Gasteiger partial charge in [-0.1, -0.05) is 30.3 Å². The van der Waals surface area contributed by atoms with Gasteiger partial charge in [-0.3, -0.25) is 9.48 Å². The molecule has 122 valence electrons. The first kappa shape index (κ1) is 16.7. The van der Waals surface area contributed by atoms with E-state index in [-0.39, 0.29) is 18.9 Å². The maximum atomic E-state index is 12.1. The Morgan fingerprint density at radius 3 is 2.74 bits per heavy atom. The predicted molar refractivity (Wildman–Crippen MR) is 83.3 cm³/mol. The summed E-state index contributed by atoms with van der Waals surface area (Å²) >= 11 is 0. The molecular formula is C16H20N4O3. The van der Waals surface area contributed by atoms with Crippen LogP contribution in [-0.4, -0.2) is 39.3 Å². The molecule has 1 aromatic heterocycles. The molecule has 7 heteroatoms. The van der Waals surface area contributed by atoms with E-state index in [1.54, 1.807) is 17.9 Å². The lowest BCUT2D eigenvalue weighted by Gasteiger charge is -2.17. The van der Waals surface area contributed by atoms with Crippen molar-refractivity contribution in [2.24, 2.45) is 0 Å². The van der Waals surface area contributed by atoms with Crippen LogP contribution in [0.4, 0.5) is 0 Å². The number of amides is 1. The van der Waals surface area contributed by atoms with Crippen LogP contribution in [0.15, 0.2) is 43.0 Å². The number of ether oxygens (including phenoxy) is 1. The third-order valence-electron chi connectivity index (χ3n) is 3.22. The summed E-state index contributed by atoms with van der Waals surface area (Å²) in [6, 6.07) is 8.82. The van der Waals surface area contributed by atoms with Crippen LogP contribution in [0.1, 0.15) is 18.9 Å². The quantitative estimate of drug-likeness (QED) is 0.733. The van der Waals surface area contributed by atoms with Gasteiger partial charge in [-0.15, -0.1) is 0 Å². The molecule has 1 atom stereocenters. The number of benzene rings is 1. The second-order valence-electron chi connectivity index (χ2n) is 4.97. The van der Waals surface area contributed by atoms with Gasteiger partial charge < -0.3 is 10.1 Å². The van der Waals surface area contributed by atoms with Gasteiger partial charge in [0.15, 0.2) is 0 Å². The average Bonchev–Trinajstić information content (AvgIpc) is 3.07. The minimum Gasteiger partial charge on any atom is -0.464 e. The Morgan fingerprint density at radius 2 is 2.09 bits per heavy atom. The van der Waals surface area contributed by atoms with E-state index >= 15 is 0 Å². The summed E-state index contributed by atoms with van der Waals surface area (Å²) in [5.41, 5.74) is 0.960. The van der Waals surface area contributed by atoms with Crippen LogP contribution in [0.5, 0.6) is 0 Å². The number of hydrogen-bond acceptors (Lipinski definition) is 5. The first-order chi connectivity index (χ1) is 11.2. The number of nitrogens with one attached hydrogen (secondary N) is 1.